The number of benzene rings is 1. The molecule has 2 rings (SSSR count). The van der Waals surface area contributed by atoms with Gasteiger partial charge in [-0.05, 0) is 25.0 Å². The summed E-state index contributed by atoms with van der Waals surface area (Å²) in [7, 11) is 1.64. The number of methoxy groups -OCH3 is 1. The minimum absolute atomic E-state index is 0.0202. The fourth-order valence-corrected chi connectivity index (χ4v) is 2.35. The Hall–Kier alpha value is -2.08. The van der Waals surface area contributed by atoms with Crippen LogP contribution in [0.5, 0.6) is 5.75 Å². The molecule has 0 bridgehead atoms. The van der Waals surface area contributed by atoms with E-state index in [0.717, 1.165) is 11.3 Å². The molecule has 2 amide bonds. The van der Waals surface area contributed by atoms with E-state index in [1.807, 2.05) is 31.2 Å². The van der Waals surface area contributed by atoms with Crippen molar-refractivity contribution in [2.45, 2.75) is 25.4 Å². The molecule has 21 heavy (non-hydrogen) atoms. The lowest BCUT2D eigenvalue weighted by atomic mass is 10.1. The molecule has 1 aromatic carbocycles. The van der Waals surface area contributed by atoms with Crippen LogP contribution in [0.2, 0.25) is 0 Å². The highest BCUT2D eigenvalue weighted by molar-refractivity contribution is 5.86. The summed E-state index contributed by atoms with van der Waals surface area (Å²) in [5, 5.41) is 8.54. The standard InChI is InChI=1S/C15H21N3O3/c1-10(7-11-5-3-4-6-13(11)21-2)18-15(20)12-8-17-14(19)9-16-12/h3-6,10,12,16H,7-9H2,1-2H3,(H,17,19)(H,18,20). The largest absolute Gasteiger partial charge is 0.496 e. The van der Waals surface area contributed by atoms with Crippen LogP contribution in [-0.4, -0.2) is 44.1 Å². The van der Waals surface area contributed by atoms with Gasteiger partial charge in [0.05, 0.1) is 13.7 Å². The first-order valence-corrected chi connectivity index (χ1v) is 7.02. The number of piperazine rings is 1. The number of ether oxygens (including phenoxy) is 1. The van der Waals surface area contributed by atoms with E-state index in [0.29, 0.717) is 13.0 Å². The fourth-order valence-electron chi connectivity index (χ4n) is 2.35. The van der Waals surface area contributed by atoms with Crippen molar-refractivity contribution >= 4 is 11.8 Å². The predicted molar refractivity (Wildman–Crippen MR) is 79.1 cm³/mol. The van der Waals surface area contributed by atoms with Gasteiger partial charge < -0.3 is 15.4 Å². The van der Waals surface area contributed by atoms with Crippen molar-refractivity contribution < 1.29 is 14.3 Å². The zero-order valence-electron chi connectivity index (χ0n) is 12.3. The third kappa shape index (κ3) is 4.19. The van der Waals surface area contributed by atoms with Crippen molar-refractivity contribution in [2.24, 2.45) is 0 Å². The molecule has 0 aliphatic carbocycles. The zero-order valence-corrected chi connectivity index (χ0v) is 12.3. The van der Waals surface area contributed by atoms with Crippen LogP contribution in [0, 0.1) is 0 Å². The Balaban J connectivity index is 1.87. The second-order valence-electron chi connectivity index (χ2n) is 5.16. The fraction of sp³-hybridized carbons (Fsp3) is 0.467. The van der Waals surface area contributed by atoms with Gasteiger partial charge in [0.15, 0.2) is 0 Å². The molecule has 1 aliphatic heterocycles. The van der Waals surface area contributed by atoms with Crippen molar-refractivity contribution in [2.75, 3.05) is 20.2 Å². The van der Waals surface area contributed by atoms with E-state index >= 15 is 0 Å². The van der Waals surface area contributed by atoms with Gasteiger partial charge in [-0.2, -0.15) is 0 Å². The Bertz CT molecular complexity index is 509. The van der Waals surface area contributed by atoms with Crippen LogP contribution in [0.4, 0.5) is 0 Å². The molecule has 0 aromatic heterocycles. The molecule has 1 saturated heterocycles. The van der Waals surface area contributed by atoms with Crippen LogP contribution in [-0.2, 0) is 16.0 Å². The molecule has 2 unspecified atom stereocenters. The number of para-hydroxylation sites is 1. The van der Waals surface area contributed by atoms with Crippen LogP contribution in [0.3, 0.4) is 0 Å². The molecule has 0 spiro atoms. The van der Waals surface area contributed by atoms with E-state index in [9.17, 15) is 9.59 Å². The Labute approximate surface area is 124 Å². The predicted octanol–water partition coefficient (Wildman–Crippen LogP) is -0.170. The van der Waals surface area contributed by atoms with Crippen LogP contribution in [0.25, 0.3) is 0 Å². The second kappa shape index (κ2) is 7.08. The van der Waals surface area contributed by atoms with Gasteiger partial charge in [0.25, 0.3) is 0 Å². The van der Waals surface area contributed by atoms with Crippen LogP contribution in [0.1, 0.15) is 12.5 Å². The van der Waals surface area contributed by atoms with Crippen molar-refractivity contribution in [3.8, 4) is 5.75 Å². The maximum absolute atomic E-state index is 12.1. The third-order valence-electron chi connectivity index (χ3n) is 3.44. The average Bonchev–Trinajstić information content (AvgIpc) is 2.48. The monoisotopic (exact) mass is 291 g/mol. The molecule has 3 N–H and O–H groups in total. The topological polar surface area (TPSA) is 79.5 Å². The summed E-state index contributed by atoms with van der Waals surface area (Å²) >= 11 is 0. The number of carbonyl (C=O) groups is 2. The van der Waals surface area contributed by atoms with Crippen LogP contribution in [0.15, 0.2) is 24.3 Å². The first-order chi connectivity index (χ1) is 10.1. The summed E-state index contributed by atoms with van der Waals surface area (Å²) in [4.78, 5) is 23.1. The molecule has 2 atom stereocenters. The highest BCUT2D eigenvalue weighted by atomic mass is 16.5. The number of rotatable bonds is 5. The summed E-state index contributed by atoms with van der Waals surface area (Å²) in [5.41, 5.74) is 1.05. The third-order valence-corrected chi connectivity index (χ3v) is 3.44. The molecule has 6 heteroatoms. The quantitative estimate of drug-likeness (QED) is 0.704. The lowest BCUT2D eigenvalue weighted by molar-refractivity contribution is -0.126. The molecule has 0 saturated carbocycles. The van der Waals surface area contributed by atoms with Crippen molar-refractivity contribution in [1.29, 1.82) is 0 Å². The smallest absolute Gasteiger partial charge is 0.239 e. The first kappa shape index (κ1) is 15.3. The van der Waals surface area contributed by atoms with Gasteiger partial charge in [0.2, 0.25) is 11.8 Å². The highest BCUT2D eigenvalue weighted by Gasteiger charge is 2.24. The Morgan fingerprint density at radius 3 is 2.90 bits per heavy atom. The van der Waals surface area contributed by atoms with Gasteiger partial charge in [-0.25, -0.2) is 0 Å². The molecule has 114 valence electrons. The highest BCUT2D eigenvalue weighted by Crippen LogP contribution is 2.18. The summed E-state index contributed by atoms with van der Waals surface area (Å²) < 4.78 is 5.31. The van der Waals surface area contributed by atoms with E-state index in [1.165, 1.54) is 0 Å². The van der Waals surface area contributed by atoms with Crippen molar-refractivity contribution in [3.05, 3.63) is 29.8 Å². The van der Waals surface area contributed by atoms with Crippen LogP contribution < -0.4 is 20.7 Å². The average molecular weight is 291 g/mol. The van der Waals surface area contributed by atoms with E-state index in [-0.39, 0.29) is 30.4 Å². The Morgan fingerprint density at radius 1 is 1.48 bits per heavy atom. The van der Waals surface area contributed by atoms with Gasteiger partial charge >= 0.3 is 0 Å². The Kier molecular flexibility index (Phi) is 5.16. The number of hydrogen-bond donors (Lipinski definition) is 3. The maximum Gasteiger partial charge on any atom is 0.239 e. The summed E-state index contributed by atoms with van der Waals surface area (Å²) in [5.74, 6) is 0.639. The molecule has 1 aliphatic rings. The van der Waals surface area contributed by atoms with Gasteiger partial charge in [0, 0.05) is 12.6 Å². The molecule has 6 nitrogen and oxygen atoms in total. The van der Waals surface area contributed by atoms with Gasteiger partial charge in [0.1, 0.15) is 11.8 Å². The lowest BCUT2D eigenvalue weighted by Crippen LogP contribution is -2.59. The second-order valence-corrected chi connectivity index (χ2v) is 5.16. The number of amides is 2. The summed E-state index contributed by atoms with van der Waals surface area (Å²) in [6, 6.07) is 7.36. The van der Waals surface area contributed by atoms with Crippen molar-refractivity contribution in [3.63, 3.8) is 0 Å². The molecule has 0 radical (unpaired) electrons. The molecule has 1 aromatic rings. The van der Waals surface area contributed by atoms with Crippen molar-refractivity contribution in [1.82, 2.24) is 16.0 Å². The van der Waals surface area contributed by atoms with E-state index in [1.54, 1.807) is 7.11 Å². The lowest BCUT2D eigenvalue weighted by Gasteiger charge is -2.25. The van der Waals surface area contributed by atoms with Gasteiger partial charge in [-0.1, -0.05) is 18.2 Å². The number of hydrogen-bond acceptors (Lipinski definition) is 4. The maximum atomic E-state index is 12.1. The number of carbonyl (C=O) groups excluding carboxylic acids is 2. The minimum Gasteiger partial charge on any atom is -0.496 e. The minimum atomic E-state index is -0.372. The molecular formula is C15H21N3O3. The SMILES string of the molecule is COc1ccccc1CC(C)NC(=O)C1CNC(=O)CN1. The summed E-state index contributed by atoms with van der Waals surface area (Å²) in [6.45, 7) is 2.46. The van der Waals surface area contributed by atoms with E-state index < -0.39 is 0 Å². The van der Waals surface area contributed by atoms with Gasteiger partial charge in [-0.15, -0.1) is 0 Å². The summed E-state index contributed by atoms with van der Waals surface area (Å²) in [6.07, 6.45) is 0.689. The molecule has 1 heterocycles. The Morgan fingerprint density at radius 2 is 2.24 bits per heavy atom. The molecule has 1 fully saturated rings. The van der Waals surface area contributed by atoms with E-state index in [2.05, 4.69) is 16.0 Å². The zero-order chi connectivity index (χ0) is 15.2. The van der Waals surface area contributed by atoms with Gasteiger partial charge in [-0.3, -0.25) is 14.9 Å². The normalized spacial score (nSPS) is 19.5. The first-order valence-electron chi connectivity index (χ1n) is 7.02. The van der Waals surface area contributed by atoms with E-state index in [4.69, 9.17) is 4.74 Å². The molecular weight excluding hydrogens is 270 g/mol. The number of nitrogens with one attached hydrogen (secondary N) is 3. The van der Waals surface area contributed by atoms with Crippen LogP contribution >= 0.6 is 0 Å².